The number of hydrogen-bond acceptors (Lipinski definition) is 4. The van der Waals surface area contributed by atoms with Gasteiger partial charge in [0.05, 0.1) is 5.25 Å². The fourth-order valence-corrected chi connectivity index (χ4v) is 2.49. The maximum atomic E-state index is 11.8. The summed E-state index contributed by atoms with van der Waals surface area (Å²) in [6.07, 6.45) is 1.51. The molecule has 5 nitrogen and oxygen atoms in total. The van der Waals surface area contributed by atoms with E-state index in [1.54, 1.807) is 20.8 Å². The van der Waals surface area contributed by atoms with Crippen LogP contribution in [0.15, 0.2) is 4.79 Å². The number of nitrogens with zero attached hydrogens (tertiary/aromatic N) is 1. The molecule has 0 saturated heterocycles. The molecule has 1 heterocycles. The quantitative estimate of drug-likeness (QED) is 0.877. The molecule has 0 spiro atoms. The Morgan fingerprint density at radius 1 is 1.33 bits per heavy atom. The van der Waals surface area contributed by atoms with E-state index in [9.17, 15) is 13.2 Å². The van der Waals surface area contributed by atoms with E-state index in [1.165, 1.54) is 0 Å². The second-order valence-electron chi connectivity index (χ2n) is 4.68. The van der Waals surface area contributed by atoms with Crippen molar-refractivity contribution in [3.8, 4) is 0 Å². The van der Waals surface area contributed by atoms with E-state index in [2.05, 4.69) is 9.97 Å². The van der Waals surface area contributed by atoms with Crippen molar-refractivity contribution < 1.29 is 8.42 Å². The van der Waals surface area contributed by atoms with Gasteiger partial charge in [-0.15, -0.1) is 0 Å². The molecule has 0 aliphatic rings. The second kappa shape index (κ2) is 5.65. The fourth-order valence-electron chi connectivity index (χ4n) is 1.64. The van der Waals surface area contributed by atoms with Gasteiger partial charge in [-0.25, -0.2) is 13.4 Å². The van der Waals surface area contributed by atoms with E-state index in [-0.39, 0.29) is 17.1 Å². The highest BCUT2D eigenvalue weighted by atomic mass is 32.2. The number of H-pyrrole nitrogens is 1. The van der Waals surface area contributed by atoms with E-state index >= 15 is 0 Å². The van der Waals surface area contributed by atoms with Gasteiger partial charge in [-0.2, -0.15) is 0 Å². The van der Waals surface area contributed by atoms with Crippen molar-refractivity contribution in [3.63, 3.8) is 0 Å². The van der Waals surface area contributed by atoms with Gasteiger partial charge in [0.15, 0.2) is 9.84 Å². The highest BCUT2D eigenvalue weighted by Gasteiger charge is 2.19. The van der Waals surface area contributed by atoms with Crippen molar-refractivity contribution in [2.24, 2.45) is 0 Å². The molecule has 0 fully saturated rings. The molecule has 1 aromatic heterocycles. The van der Waals surface area contributed by atoms with Crippen LogP contribution in [0.25, 0.3) is 0 Å². The van der Waals surface area contributed by atoms with Crippen LogP contribution in [-0.4, -0.2) is 23.6 Å². The molecule has 0 bridgehead atoms. The summed E-state index contributed by atoms with van der Waals surface area (Å²) in [5, 5.41) is -0.474. The number of rotatable bonds is 5. The summed E-state index contributed by atoms with van der Waals surface area (Å²) in [5.74, 6) is 0.0127. The molecule has 0 atom stereocenters. The Bertz CT molecular complexity index is 573. The van der Waals surface area contributed by atoms with Gasteiger partial charge in [-0.05, 0) is 27.2 Å². The standard InChI is InChI=1S/C12H20N2O3S/c1-5-6-10-9(4)13-11(14-12(10)15)7-18(16,17)8(2)3/h8H,5-7H2,1-4H3,(H,13,14,15). The second-order valence-corrected chi connectivity index (χ2v) is 7.24. The number of sulfone groups is 1. The molecule has 1 rings (SSSR count). The van der Waals surface area contributed by atoms with Crippen LogP contribution in [0.4, 0.5) is 0 Å². The first-order valence-corrected chi connectivity index (χ1v) is 7.79. The van der Waals surface area contributed by atoms with Crippen LogP contribution in [0.1, 0.15) is 44.3 Å². The van der Waals surface area contributed by atoms with E-state index in [1.807, 2.05) is 6.92 Å². The Balaban J connectivity index is 3.12. The predicted octanol–water partition coefficient (Wildman–Crippen LogP) is 1.35. The highest BCUT2D eigenvalue weighted by molar-refractivity contribution is 7.91. The Labute approximate surface area is 108 Å². The van der Waals surface area contributed by atoms with Gasteiger partial charge in [-0.3, -0.25) is 4.79 Å². The van der Waals surface area contributed by atoms with Crippen molar-refractivity contribution in [2.75, 3.05) is 0 Å². The summed E-state index contributed by atoms with van der Waals surface area (Å²) in [5.41, 5.74) is 1.04. The van der Waals surface area contributed by atoms with Gasteiger partial charge >= 0.3 is 0 Å². The van der Waals surface area contributed by atoms with Crippen LogP contribution in [0.3, 0.4) is 0 Å². The fraction of sp³-hybridized carbons (Fsp3) is 0.667. The Morgan fingerprint density at radius 2 is 1.94 bits per heavy atom. The zero-order chi connectivity index (χ0) is 13.9. The summed E-state index contributed by atoms with van der Waals surface area (Å²) in [7, 11) is -3.24. The lowest BCUT2D eigenvalue weighted by Gasteiger charge is -2.09. The molecule has 0 aliphatic heterocycles. The molecule has 0 unspecified atom stereocenters. The lowest BCUT2D eigenvalue weighted by molar-refractivity contribution is 0.584. The highest BCUT2D eigenvalue weighted by Crippen LogP contribution is 2.08. The van der Waals surface area contributed by atoms with E-state index in [0.717, 1.165) is 6.42 Å². The summed E-state index contributed by atoms with van der Waals surface area (Å²) in [6.45, 7) is 6.96. The minimum atomic E-state index is -3.24. The average Bonchev–Trinajstić information content (AvgIpc) is 2.22. The Kier molecular flexibility index (Phi) is 4.67. The van der Waals surface area contributed by atoms with Crippen LogP contribution >= 0.6 is 0 Å². The van der Waals surface area contributed by atoms with Crippen molar-refractivity contribution in [1.82, 2.24) is 9.97 Å². The first kappa shape index (κ1) is 14.9. The van der Waals surface area contributed by atoms with Gasteiger partial charge in [0.25, 0.3) is 5.56 Å². The third-order valence-electron chi connectivity index (χ3n) is 2.83. The molecule has 1 aromatic rings. The molecule has 0 aliphatic carbocycles. The minimum absolute atomic E-state index is 0.215. The number of nitrogens with one attached hydrogen (secondary N) is 1. The van der Waals surface area contributed by atoms with E-state index in [0.29, 0.717) is 17.7 Å². The van der Waals surface area contributed by atoms with Crippen molar-refractivity contribution in [1.29, 1.82) is 0 Å². The van der Waals surface area contributed by atoms with Crippen LogP contribution in [-0.2, 0) is 22.0 Å². The topological polar surface area (TPSA) is 79.9 Å². The van der Waals surface area contributed by atoms with E-state index < -0.39 is 15.1 Å². The minimum Gasteiger partial charge on any atom is -0.309 e. The normalized spacial score (nSPS) is 12.1. The molecule has 0 amide bonds. The molecular formula is C12H20N2O3S. The van der Waals surface area contributed by atoms with Gasteiger partial charge in [0, 0.05) is 11.3 Å². The summed E-state index contributed by atoms with van der Waals surface area (Å²) in [6, 6.07) is 0. The van der Waals surface area contributed by atoms with Crippen LogP contribution in [0, 0.1) is 6.92 Å². The van der Waals surface area contributed by atoms with Crippen molar-refractivity contribution >= 4 is 9.84 Å². The molecule has 102 valence electrons. The van der Waals surface area contributed by atoms with Crippen LogP contribution in [0.2, 0.25) is 0 Å². The molecular weight excluding hydrogens is 252 g/mol. The third kappa shape index (κ3) is 3.41. The molecule has 6 heteroatoms. The maximum absolute atomic E-state index is 11.8. The lowest BCUT2D eigenvalue weighted by atomic mass is 10.1. The summed E-state index contributed by atoms with van der Waals surface area (Å²) < 4.78 is 23.5. The first-order valence-electron chi connectivity index (χ1n) is 6.08. The zero-order valence-corrected chi connectivity index (χ0v) is 12.1. The van der Waals surface area contributed by atoms with Crippen LogP contribution < -0.4 is 5.56 Å². The van der Waals surface area contributed by atoms with Crippen molar-refractivity contribution in [3.05, 3.63) is 27.4 Å². The zero-order valence-electron chi connectivity index (χ0n) is 11.3. The van der Waals surface area contributed by atoms with E-state index in [4.69, 9.17) is 0 Å². The number of aromatic nitrogens is 2. The third-order valence-corrected chi connectivity index (χ3v) is 4.94. The van der Waals surface area contributed by atoms with Gasteiger partial charge in [-0.1, -0.05) is 13.3 Å². The summed E-state index contributed by atoms with van der Waals surface area (Å²) >= 11 is 0. The first-order chi connectivity index (χ1) is 8.27. The Hall–Kier alpha value is -1.17. The lowest BCUT2D eigenvalue weighted by Crippen LogP contribution is -2.23. The molecule has 0 radical (unpaired) electrons. The summed E-state index contributed by atoms with van der Waals surface area (Å²) in [4.78, 5) is 18.6. The SMILES string of the molecule is CCCc1c(C)nc(CS(=O)(=O)C(C)C)[nH]c1=O. The number of aryl methyl sites for hydroxylation is 1. The smallest absolute Gasteiger partial charge is 0.254 e. The molecule has 18 heavy (non-hydrogen) atoms. The van der Waals surface area contributed by atoms with Crippen LogP contribution in [0.5, 0.6) is 0 Å². The van der Waals surface area contributed by atoms with Gasteiger partial charge in [0.2, 0.25) is 0 Å². The van der Waals surface area contributed by atoms with Crippen molar-refractivity contribution in [2.45, 2.75) is 51.5 Å². The largest absolute Gasteiger partial charge is 0.309 e. The average molecular weight is 272 g/mol. The number of aromatic amines is 1. The molecule has 0 saturated carbocycles. The predicted molar refractivity (Wildman–Crippen MR) is 71.3 cm³/mol. The number of hydrogen-bond donors (Lipinski definition) is 1. The Morgan fingerprint density at radius 3 is 2.39 bits per heavy atom. The molecule has 0 aromatic carbocycles. The van der Waals surface area contributed by atoms with Gasteiger partial charge in [0.1, 0.15) is 11.6 Å². The maximum Gasteiger partial charge on any atom is 0.254 e. The monoisotopic (exact) mass is 272 g/mol. The molecule has 1 N–H and O–H groups in total. The van der Waals surface area contributed by atoms with Gasteiger partial charge < -0.3 is 4.98 Å².